The van der Waals surface area contributed by atoms with Crippen molar-refractivity contribution in [2.24, 2.45) is 0 Å². The molecule has 0 saturated heterocycles. The van der Waals surface area contributed by atoms with Gasteiger partial charge in [0.05, 0.1) is 4.47 Å². The fraction of sp³-hybridized carbons (Fsp3) is 0.333. The van der Waals surface area contributed by atoms with Crippen LogP contribution < -0.4 is 10.1 Å². The summed E-state index contributed by atoms with van der Waals surface area (Å²) in [5.41, 5.74) is 2.44. The van der Waals surface area contributed by atoms with Crippen LogP contribution in [0.2, 0.25) is 0 Å². The third-order valence-electron chi connectivity index (χ3n) is 3.09. The van der Waals surface area contributed by atoms with Gasteiger partial charge < -0.3 is 10.1 Å². The first kappa shape index (κ1) is 16.1. The summed E-state index contributed by atoms with van der Waals surface area (Å²) in [4.78, 5) is 0. The Hall–Kier alpha value is -1.32. The summed E-state index contributed by atoms with van der Waals surface area (Å²) >= 11 is 3.56. The average Bonchev–Trinajstić information content (AvgIpc) is 2.40. The molecule has 0 fully saturated rings. The molecule has 1 N–H and O–H groups in total. The molecule has 3 heteroatoms. The van der Waals surface area contributed by atoms with E-state index in [4.69, 9.17) is 4.74 Å². The van der Waals surface area contributed by atoms with Crippen LogP contribution >= 0.6 is 15.9 Å². The van der Waals surface area contributed by atoms with Gasteiger partial charge in [-0.05, 0) is 67.4 Å². The number of para-hydroxylation sites is 1. The second kappa shape index (κ2) is 6.63. The first-order valence-electron chi connectivity index (χ1n) is 7.12. The Morgan fingerprint density at radius 3 is 2.43 bits per heavy atom. The maximum atomic E-state index is 6.07. The minimum Gasteiger partial charge on any atom is -0.456 e. The van der Waals surface area contributed by atoms with Crippen LogP contribution in [0.15, 0.2) is 46.9 Å². The Bertz CT molecular complexity index is 617. The van der Waals surface area contributed by atoms with E-state index in [9.17, 15) is 0 Å². The van der Waals surface area contributed by atoms with Crippen molar-refractivity contribution in [3.8, 4) is 11.5 Å². The smallest absolute Gasteiger partial charge is 0.141 e. The fourth-order valence-corrected chi connectivity index (χ4v) is 2.49. The topological polar surface area (TPSA) is 21.3 Å². The van der Waals surface area contributed by atoms with Crippen LogP contribution in [-0.2, 0) is 6.54 Å². The second-order valence-electron chi connectivity index (χ2n) is 6.25. The molecule has 0 aliphatic carbocycles. The van der Waals surface area contributed by atoms with Crippen molar-refractivity contribution < 1.29 is 4.74 Å². The molecule has 0 bridgehead atoms. The highest BCUT2D eigenvalue weighted by atomic mass is 79.9. The largest absolute Gasteiger partial charge is 0.456 e. The highest BCUT2D eigenvalue weighted by molar-refractivity contribution is 9.10. The Kier molecular flexibility index (Phi) is 5.07. The quantitative estimate of drug-likeness (QED) is 0.795. The summed E-state index contributed by atoms with van der Waals surface area (Å²) in [6, 6.07) is 14.2. The highest BCUT2D eigenvalue weighted by Gasteiger charge is 2.12. The van der Waals surface area contributed by atoms with E-state index in [1.54, 1.807) is 0 Å². The molecule has 2 nitrogen and oxygen atoms in total. The summed E-state index contributed by atoms with van der Waals surface area (Å²) in [6.07, 6.45) is 0. The highest BCUT2D eigenvalue weighted by Crippen LogP contribution is 2.32. The van der Waals surface area contributed by atoms with Gasteiger partial charge in [0.2, 0.25) is 0 Å². The Labute approximate surface area is 135 Å². The predicted molar refractivity (Wildman–Crippen MR) is 92.0 cm³/mol. The molecule has 0 heterocycles. The van der Waals surface area contributed by atoms with Crippen LogP contribution in [0.1, 0.15) is 31.9 Å². The molecule has 0 atom stereocenters. The van der Waals surface area contributed by atoms with Crippen molar-refractivity contribution in [2.75, 3.05) is 0 Å². The molecule has 2 rings (SSSR count). The number of hydrogen-bond donors (Lipinski definition) is 1. The van der Waals surface area contributed by atoms with Crippen LogP contribution in [0.25, 0.3) is 0 Å². The third kappa shape index (κ3) is 4.87. The summed E-state index contributed by atoms with van der Waals surface area (Å²) in [5, 5.41) is 3.50. The Morgan fingerprint density at radius 1 is 1.05 bits per heavy atom. The van der Waals surface area contributed by atoms with Gasteiger partial charge in [0.25, 0.3) is 0 Å². The van der Waals surface area contributed by atoms with Crippen molar-refractivity contribution in [3.05, 3.63) is 58.1 Å². The maximum Gasteiger partial charge on any atom is 0.141 e. The lowest BCUT2D eigenvalue weighted by Gasteiger charge is -2.21. The van der Waals surface area contributed by atoms with Gasteiger partial charge in [-0.15, -0.1) is 0 Å². The number of ether oxygens (including phenoxy) is 1. The lowest BCUT2D eigenvalue weighted by molar-refractivity contribution is 0.414. The molecule has 0 radical (unpaired) electrons. The maximum absolute atomic E-state index is 6.07. The summed E-state index contributed by atoms with van der Waals surface area (Å²) in [7, 11) is 0. The average molecular weight is 348 g/mol. The number of halogens is 1. The van der Waals surface area contributed by atoms with Crippen LogP contribution in [-0.4, -0.2) is 5.54 Å². The van der Waals surface area contributed by atoms with Gasteiger partial charge in [-0.25, -0.2) is 0 Å². The molecular weight excluding hydrogens is 326 g/mol. The first-order chi connectivity index (χ1) is 9.85. The molecule has 112 valence electrons. The number of hydrogen-bond acceptors (Lipinski definition) is 2. The van der Waals surface area contributed by atoms with E-state index in [2.05, 4.69) is 67.1 Å². The van der Waals surface area contributed by atoms with Crippen molar-refractivity contribution in [2.45, 2.75) is 39.8 Å². The molecule has 0 aliphatic heterocycles. The molecular formula is C18H22BrNO. The molecule has 0 amide bonds. The van der Waals surface area contributed by atoms with Crippen LogP contribution in [0, 0.1) is 6.92 Å². The van der Waals surface area contributed by atoms with Gasteiger partial charge in [0.1, 0.15) is 11.5 Å². The first-order valence-corrected chi connectivity index (χ1v) is 7.91. The van der Waals surface area contributed by atoms with E-state index in [-0.39, 0.29) is 5.54 Å². The van der Waals surface area contributed by atoms with E-state index in [1.165, 1.54) is 5.56 Å². The number of rotatable bonds is 4. The number of benzene rings is 2. The monoisotopic (exact) mass is 347 g/mol. The van der Waals surface area contributed by atoms with E-state index in [0.717, 1.165) is 28.1 Å². The molecule has 0 aliphatic rings. The van der Waals surface area contributed by atoms with Crippen LogP contribution in [0.5, 0.6) is 11.5 Å². The van der Waals surface area contributed by atoms with Crippen molar-refractivity contribution in [1.82, 2.24) is 5.32 Å². The molecule has 0 spiro atoms. The van der Waals surface area contributed by atoms with Gasteiger partial charge in [0, 0.05) is 17.6 Å². The molecule has 0 saturated carbocycles. The van der Waals surface area contributed by atoms with Gasteiger partial charge in [0.15, 0.2) is 0 Å². The lowest BCUT2D eigenvalue weighted by atomic mass is 10.1. The van der Waals surface area contributed by atoms with E-state index in [1.807, 2.05) is 24.3 Å². The molecule has 0 unspecified atom stereocenters. The zero-order valence-corrected chi connectivity index (χ0v) is 14.6. The van der Waals surface area contributed by atoms with Gasteiger partial charge >= 0.3 is 0 Å². The zero-order valence-electron chi connectivity index (χ0n) is 13.0. The molecule has 21 heavy (non-hydrogen) atoms. The zero-order chi connectivity index (χ0) is 15.5. The normalized spacial score (nSPS) is 11.5. The Balaban J connectivity index is 2.20. The van der Waals surface area contributed by atoms with E-state index >= 15 is 0 Å². The molecule has 2 aromatic rings. The Morgan fingerprint density at radius 2 is 1.76 bits per heavy atom. The molecule has 2 aromatic carbocycles. The van der Waals surface area contributed by atoms with Gasteiger partial charge in [-0.1, -0.05) is 24.3 Å². The van der Waals surface area contributed by atoms with Crippen molar-refractivity contribution in [3.63, 3.8) is 0 Å². The van der Waals surface area contributed by atoms with Gasteiger partial charge in [-0.2, -0.15) is 0 Å². The molecule has 0 aromatic heterocycles. The van der Waals surface area contributed by atoms with Crippen molar-refractivity contribution >= 4 is 15.9 Å². The van der Waals surface area contributed by atoms with Crippen LogP contribution in [0.4, 0.5) is 0 Å². The summed E-state index contributed by atoms with van der Waals surface area (Å²) < 4.78 is 7.05. The SMILES string of the molecule is Cc1ccc(Oc2ccccc2CNC(C)(C)C)c(Br)c1. The predicted octanol–water partition coefficient (Wildman–Crippen LogP) is 5.44. The van der Waals surface area contributed by atoms with E-state index < -0.39 is 0 Å². The fourth-order valence-electron chi connectivity index (χ4n) is 1.92. The number of nitrogens with one attached hydrogen (secondary N) is 1. The third-order valence-corrected chi connectivity index (χ3v) is 3.71. The minimum absolute atomic E-state index is 0.0809. The lowest BCUT2D eigenvalue weighted by Crippen LogP contribution is -2.35. The second-order valence-corrected chi connectivity index (χ2v) is 7.10. The standard InChI is InChI=1S/C18H22BrNO/c1-13-9-10-17(15(19)11-13)21-16-8-6-5-7-14(16)12-20-18(2,3)4/h5-11,20H,12H2,1-4H3. The minimum atomic E-state index is 0.0809. The number of aryl methyl sites for hydroxylation is 1. The van der Waals surface area contributed by atoms with E-state index in [0.29, 0.717) is 0 Å². The summed E-state index contributed by atoms with van der Waals surface area (Å²) in [5.74, 6) is 1.72. The van der Waals surface area contributed by atoms with Crippen LogP contribution in [0.3, 0.4) is 0 Å². The van der Waals surface area contributed by atoms with Crippen molar-refractivity contribution in [1.29, 1.82) is 0 Å². The van der Waals surface area contributed by atoms with Gasteiger partial charge in [-0.3, -0.25) is 0 Å². The summed E-state index contributed by atoms with van der Waals surface area (Å²) in [6.45, 7) is 9.33.